The molecule has 0 radical (unpaired) electrons. The first-order valence-electron chi connectivity index (χ1n) is 5.79. The van der Waals surface area contributed by atoms with Crippen LogP contribution in [0.5, 0.6) is 0 Å². The van der Waals surface area contributed by atoms with E-state index in [1.54, 1.807) is 6.92 Å². The number of ether oxygens (including phenoxy) is 4. The van der Waals surface area contributed by atoms with Gasteiger partial charge in [0, 0.05) is 12.8 Å². The zero-order valence-electron chi connectivity index (χ0n) is 9.57. The van der Waals surface area contributed by atoms with Gasteiger partial charge < -0.3 is 18.9 Å². The van der Waals surface area contributed by atoms with Crippen LogP contribution in [0, 0.1) is 0 Å². The Labute approximate surface area is 95.0 Å². The van der Waals surface area contributed by atoms with Crippen molar-refractivity contribution in [2.24, 2.45) is 0 Å². The third-order valence-electron chi connectivity index (χ3n) is 2.89. The van der Waals surface area contributed by atoms with Crippen molar-refractivity contribution in [2.45, 2.75) is 38.1 Å². The maximum Gasteiger partial charge on any atom is 0.308 e. The van der Waals surface area contributed by atoms with Gasteiger partial charge in [-0.2, -0.15) is 0 Å². The topological polar surface area (TPSA) is 54.0 Å². The van der Waals surface area contributed by atoms with E-state index < -0.39 is 5.79 Å². The summed E-state index contributed by atoms with van der Waals surface area (Å²) < 4.78 is 21.6. The molecule has 2 rings (SSSR count). The zero-order chi connectivity index (χ0) is 11.4. The SMILES string of the molecule is CCOC(=O)CC1CC2(CCO1)OCCO2. The highest BCUT2D eigenvalue weighted by Gasteiger charge is 2.42. The zero-order valence-corrected chi connectivity index (χ0v) is 9.57. The number of carbonyl (C=O) groups is 1. The minimum atomic E-state index is -0.505. The molecule has 0 N–H and O–H groups in total. The van der Waals surface area contributed by atoms with Gasteiger partial charge in [-0.05, 0) is 6.92 Å². The first kappa shape index (κ1) is 11.8. The van der Waals surface area contributed by atoms with E-state index in [-0.39, 0.29) is 18.5 Å². The molecule has 0 aromatic heterocycles. The number of esters is 1. The normalized spacial score (nSPS) is 28.2. The Morgan fingerprint density at radius 1 is 1.38 bits per heavy atom. The monoisotopic (exact) mass is 230 g/mol. The van der Waals surface area contributed by atoms with Crippen LogP contribution >= 0.6 is 0 Å². The van der Waals surface area contributed by atoms with E-state index in [9.17, 15) is 4.79 Å². The average molecular weight is 230 g/mol. The van der Waals surface area contributed by atoms with E-state index in [0.29, 0.717) is 32.8 Å². The molecule has 2 heterocycles. The molecular formula is C11H18O5. The molecule has 1 atom stereocenters. The minimum absolute atomic E-state index is 0.147. The molecule has 2 fully saturated rings. The van der Waals surface area contributed by atoms with Gasteiger partial charge in [-0.25, -0.2) is 0 Å². The number of carbonyl (C=O) groups excluding carboxylic acids is 1. The number of hydrogen-bond donors (Lipinski definition) is 0. The van der Waals surface area contributed by atoms with E-state index in [2.05, 4.69) is 0 Å². The summed E-state index contributed by atoms with van der Waals surface area (Å²) in [5, 5.41) is 0. The molecule has 5 heteroatoms. The van der Waals surface area contributed by atoms with Gasteiger partial charge in [0.25, 0.3) is 0 Å². The lowest BCUT2D eigenvalue weighted by Crippen LogP contribution is -2.42. The van der Waals surface area contributed by atoms with Crippen molar-refractivity contribution in [1.29, 1.82) is 0 Å². The molecule has 0 aromatic rings. The van der Waals surface area contributed by atoms with Crippen LogP contribution < -0.4 is 0 Å². The molecular weight excluding hydrogens is 212 g/mol. The van der Waals surface area contributed by atoms with Crippen LogP contribution in [0.3, 0.4) is 0 Å². The summed E-state index contributed by atoms with van der Waals surface area (Å²) in [6.45, 7) is 4.04. The highest BCUT2D eigenvalue weighted by atomic mass is 16.7. The van der Waals surface area contributed by atoms with Crippen LogP contribution in [0.25, 0.3) is 0 Å². The van der Waals surface area contributed by atoms with Gasteiger partial charge in [0.15, 0.2) is 5.79 Å². The van der Waals surface area contributed by atoms with Gasteiger partial charge >= 0.3 is 5.97 Å². The van der Waals surface area contributed by atoms with Crippen LogP contribution in [0.15, 0.2) is 0 Å². The van der Waals surface area contributed by atoms with Crippen LogP contribution in [-0.4, -0.2) is 44.3 Å². The summed E-state index contributed by atoms with van der Waals surface area (Å²) in [7, 11) is 0. The van der Waals surface area contributed by atoms with Crippen LogP contribution in [0.4, 0.5) is 0 Å². The summed E-state index contributed by atoms with van der Waals surface area (Å²) in [5.41, 5.74) is 0. The van der Waals surface area contributed by atoms with E-state index >= 15 is 0 Å². The van der Waals surface area contributed by atoms with E-state index in [0.717, 1.165) is 6.42 Å². The Balaban J connectivity index is 1.84. The highest BCUT2D eigenvalue weighted by molar-refractivity contribution is 5.69. The van der Waals surface area contributed by atoms with Crippen molar-refractivity contribution in [1.82, 2.24) is 0 Å². The number of rotatable bonds is 3. The fraction of sp³-hybridized carbons (Fsp3) is 0.909. The summed E-state index contributed by atoms with van der Waals surface area (Å²) in [4.78, 5) is 11.3. The molecule has 0 aliphatic carbocycles. The Bertz CT molecular complexity index is 247. The van der Waals surface area contributed by atoms with Gasteiger partial charge in [0.1, 0.15) is 0 Å². The first-order valence-corrected chi connectivity index (χ1v) is 5.79. The third kappa shape index (κ3) is 2.72. The summed E-state index contributed by atoms with van der Waals surface area (Å²) >= 11 is 0. The Morgan fingerprint density at radius 3 is 2.81 bits per heavy atom. The minimum Gasteiger partial charge on any atom is -0.466 e. The molecule has 0 amide bonds. The Morgan fingerprint density at radius 2 is 2.12 bits per heavy atom. The molecule has 0 saturated carbocycles. The summed E-state index contributed by atoms with van der Waals surface area (Å²) in [6, 6.07) is 0. The molecule has 2 saturated heterocycles. The van der Waals surface area contributed by atoms with Crippen molar-refractivity contribution in [3.8, 4) is 0 Å². The quantitative estimate of drug-likeness (QED) is 0.673. The molecule has 1 unspecified atom stereocenters. The fourth-order valence-electron chi connectivity index (χ4n) is 2.19. The second-order valence-corrected chi connectivity index (χ2v) is 4.06. The molecule has 92 valence electrons. The predicted molar refractivity (Wildman–Crippen MR) is 54.9 cm³/mol. The lowest BCUT2D eigenvalue weighted by molar-refractivity contribution is -0.222. The summed E-state index contributed by atoms with van der Waals surface area (Å²) in [5.74, 6) is -0.724. The molecule has 2 aliphatic heterocycles. The van der Waals surface area contributed by atoms with Gasteiger partial charge in [-0.15, -0.1) is 0 Å². The lowest BCUT2D eigenvalue weighted by atomic mass is 10.00. The summed E-state index contributed by atoms with van der Waals surface area (Å²) in [6.07, 6.45) is 1.49. The van der Waals surface area contributed by atoms with Crippen molar-refractivity contribution in [2.75, 3.05) is 26.4 Å². The average Bonchev–Trinajstić information content (AvgIpc) is 2.66. The fourth-order valence-corrected chi connectivity index (χ4v) is 2.19. The van der Waals surface area contributed by atoms with Gasteiger partial charge in [-0.3, -0.25) is 4.79 Å². The maximum atomic E-state index is 11.3. The highest BCUT2D eigenvalue weighted by Crippen LogP contribution is 2.34. The standard InChI is InChI=1S/C11H18O5/c1-2-13-10(12)7-9-8-11(3-4-14-9)15-5-6-16-11/h9H,2-8H2,1H3. The molecule has 0 aromatic carbocycles. The van der Waals surface area contributed by atoms with Crippen LogP contribution in [-0.2, 0) is 23.7 Å². The largest absolute Gasteiger partial charge is 0.466 e. The molecule has 0 bridgehead atoms. The smallest absolute Gasteiger partial charge is 0.308 e. The van der Waals surface area contributed by atoms with E-state index in [1.165, 1.54) is 0 Å². The molecule has 1 spiro atoms. The second kappa shape index (κ2) is 5.12. The van der Waals surface area contributed by atoms with E-state index in [4.69, 9.17) is 18.9 Å². The molecule has 5 nitrogen and oxygen atoms in total. The van der Waals surface area contributed by atoms with Crippen molar-refractivity contribution >= 4 is 5.97 Å². The second-order valence-electron chi connectivity index (χ2n) is 4.06. The number of hydrogen-bond acceptors (Lipinski definition) is 5. The predicted octanol–water partition coefficient (Wildman–Crippen LogP) is 0.862. The van der Waals surface area contributed by atoms with E-state index in [1.807, 2.05) is 0 Å². The van der Waals surface area contributed by atoms with Gasteiger partial charge in [0.05, 0.1) is 39.0 Å². The van der Waals surface area contributed by atoms with Crippen LogP contribution in [0.2, 0.25) is 0 Å². The van der Waals surface area contributed by atoms with Crippen molar-refractivity contribution in [3.05, 3.63) is 0 Å². The van der Waals surface area contributed by atoms with Crippen molar-refractivity contribution in [3.63, 3.8) is 0 Å². The maximum absolute atomic E-state index is 11.3. The molecule has 16 heavy (non-hydrogen) atoms. The third-order valence-corrected chi connectivity index (χ3v) is 2.89. The first-order chi connectivity index (χ1) is 7.74. The Hall–Kier alpha value is -0.650. The van der Waals surface area contributed by atoms with Gasteiger partial charge in [-0.1, -0.05) is 0 Å². The van der Waals surface area contributed by atoms with Gasteiger partial charge in [0.2, 0.25) is 0 Å². The van der Waals surface area contributed by atoms with Crippen molar-refractivity contribution < 1.29 is 23.7 Å². The Kier molecular flexibility index (Phi) is 3.78. The lowest BCUT2D eigenvalue weighted by Gasteiger charge is -2.35. The van der Waals surface area contributed by atoms with Crippen LogP contribution in [0.1, 0.15) is 26.2 Å². The molecule has 2 aliphatic rings.